The summed E-state index contributed by atoms with van der Waals surface area (Å²) in [6, 6.07) is 66.5. The third kappa shape index (κ3) is 4.29. The van der Waals surface area contributed by atoms with E-state index in [0.29, 0.717) is 0 Å². The molecule has 3 heterocycles. The fourth-order valence-corrected chi connectivity index (χ4v) is 9.44. The van der Waals surface area contributed by atoms with Crippen LogP contribution >= 0.6 is 11.3 Å². The van der Waals surface area contributed by atoms with Crippen molar-refractivity contribution in [1.29, 1.82) is 0 Å². The second kappa shape index (κ2) is 11.0. The van der Waals surface area contributed by atoms with E-state index < -0.39 is 0 Å². The van der Waals surface area contributed by atoms with Crippen LogP contribution in [0.5, 0.6) is 0 Å². The number of aromatic nitrogens is 2. The second-order valence-electron chi connectivity index (χ2n) is 13.3. The van der Waals surface area contributed by atoms with Crippen LogP contribution in [0.25, 0.3) is 97.4 Å². The molecule has 0 saturated carbocycles. The molecule has 0 aliphatic carbocycles. The van der Waals surface area contributed by atoms with E-state index >= 15 is 0 Å². The molecule has 0 unspecified atom stereocenters. The Labute approximate surface area is 298 Å². The van der Waals surface area contributed by atoms with Crippen LogP contribution in [-0.2, 0) is 0 Å². The first-order valence-electron chi connectivity index (χ1n) is 17.4. The van der Waals surface area contributed by atoms with Crippen LogP contribution in [-0.4, -0.2) is 9.13 Å². The second-order valence-corrected chi connectivity index (χ2v) is 14.4. The minimum absolute atomic E-state index is 1.18. The van der Waals surface area contributed by atoms with Crippen LogP contribution in [0, 0.1) is 0 Å². The molecule has 0 radical (unpaired) electrons. The van der Waals surface area contributed by atoms with Crippen molar-refractivity contribution < 1.29 is 0 Å². The number of thiophene rings is 1. The van der Waals surface area contributed by atoms with Crippen molar-refractivity contribution in [3.05, 3.63) is 182 Å². The molecule has 0 spiro atoms. The first kappa shape index (κ1) is 28.4. The minimum atomic E-state index is 1.18. The van der Waals surface area contributed by atoms with Crippen molar-refractivity contribution in [3.63, 3.8) is 0 Å². The Morgan fingerprint density at radius 1 is 0.314 bits per heavy atom. The van der Waals surface area contributed by atoms with Gasteiger partial charge in [-0.15, -0.1) is 11.3 Å². The number of nitrogens with zero attached hydrogens (tertiary/aromatic N) is 2. The molecule has 0 aliphatic heterocycles. The number of rotatable bonds is 4. The summed E-state index contributed by atoms with van der Waals surface area (Å²) in [6.45, 7) is 0. The summed E-state index contributed by atoms with van der Waals surface area (Å²) in [5.41, 5.74) is 12.1. The van der Waals surface area contributed by atoms with Gasteiger partial charge in [-0.25, -0.2) is 0 Å². The fourth-order valence-electron chi connectivity index (χ4n) is 8.18. The van der Waals surface area contributed by atoms with Gasteiger partial charge in [0.2, 0.25) is 0 Å². The molecule has 3 aromatic heterocycles. The van der Waals surface area contributed by atoms with Crippen molar-refractivity contribution in [1.82, 2.24) is 9.13 Å². The van der Waals surface area contributed by atoms with Gasteiger partial charge in [0.05, 0.1) is 22.1 Å². The SMILES string of the molecule is c1ccc(-n2c3ccccc3c3cc(-c4ccc(-c5ccc6c(c5)c5c7sc8ccccc8c7ccc5n6-c5ccccc5)cc4)ccc32)cc1. The minimum Gasteiger partial charge on any atom is -0.309 e. The zero-order valence-electron chi connectivity index (χ0n) is 27.6. The lowest BCUT2D eigenvalue weighted by Gasteiger charge is -2.09. The van der Waals surface area contributed by atoms with Gasteiger partial charge in [0.15, 0.2) is 0 Å². The van der Waals surface area contributed by atoms with Gasteiger partial charge in [0.25, 0.3) is 0 Å². The van der Waals surface area contributed by atoms with Gasteiger partial charge in [-0.3, -0.25) is 0 Å². The lowest BCUT2D eigenvalue weighted by molar-refractivity contribution is 1.18. The predicted octanol–water partition coefficient (Wildman–Crippen LogP) is 13.6. The molecule has 11 aromatic rings. The normalized spacial score (nSPS) is 11.9. The quantitative estimate of drug-likeness (QED) is 0.177. The standard InChI is InChI=1S/C48H30N2S/c1-3-11-35(12-4-1)49-42-17-9-7-15-37(42)40-29-33(23-26-43(40)49)31-19-21-32(22-20-31)34-24-27-44-41(30-34)47-45(50(44)36-13-5-2-6-14-36)28-25-39-38-16-8-10-18-46(38)51-48(39)47/h1-30H. The molecule has 0 saturated heterocycles. The monoisotopic (exact) mass is 666 g/mol. The third-order valence-electron chi connectivity index (χ3n) is 10.5. The number of para-hydroxylation sites is 3. The molecule has 8 aromatic carbocycles. The summed E-state index contributed by atoms with van der Waals surface area (Å²) in [5.74, 6) is 0. The Morgan fingerprint density at radius 3 is 1.49 bits per heavy atom. The van der Waals surface area contributed by atoms with Crippen LogP contribution in [0.15, 0.2) is 182 Å². The highest BCUT2D eigenvalue weighted by Gasteiger charge is 2.18. The van der Waals surface area contributed by atoms with Crippen molar-refractivity contribution in [2.75, 3.05) is 0 Å². The van der Waals surface area contributed by atoms with Crippen molar-refractivity contribution in [3.8, 4) is 33.6 Å². The van der Waals surface area contributed by atoms with E-state index in [2.05, 4.69) is 191 Å². The average molecular weight is 667 g/mol. The third-order valence-corrected chi connectivity index (χ3v) is 11.7. The summed E-state index contributed by atoms with van der Waals surface area (Å²) in [6.07, 6.45) is 0. The molecular formula is C48H30N2S. The highest BCUT2D eigenvalue weighted by Crippen LogP contribution is 2.44. The van der Waals surface area contributed by atoms with E-state index in [1.807, 2.05) is 11.3 Å². The number of hydrogen-bond donors (Lipinski definition) is 0. The molecule has 0 N–H and O–H groups in total. The van der Waals surface area contributed by atoms with Crippen LogP contribution < -0.4 is 0 Å². The Kier molecular flexibility index (Phi) is 6.16. The number of hydrogen-bond acceptors (Lipinski definition) is 1. The van der Waals surface area contributed by atoms with E-state index in [4.69, 9.17) is 0 Å². The zero-order valence-corrected chi connectivity index (χ0v) is 28.4. The van der Waals surface area contributed by atoms with Crippen molar-refractivity contribution in [2.24, 2.45) is 0 Å². The largest absolute Gasteiger partial charge is 0.309 e. The maximum absolute atomic E-state index is 2.42. The maximum atomic E-state index is 2.42. The molecule has 0 fully saturated rings. The van der Waals surface area contributed by atoms with Crippen LogP contribution in [0.4, 0.5) is 0 Å². The highest BCUT2D eigenvalue weighted by molar-refractivity contribution is 7.26. The Balaban J connectivity index is 1.05. The molecule has 0 bridgehead atoms. The number of benzene rings is 8. The molecular weight excluding hydrogens is 637 g/mol. The zero-order chi connectivity index (χ0) is 33.5. The molecule has 11 rings (SSSR count). The summed E-state index contributed by atoms with van der Waals surface area (Å²) < 4.78 is 7.47. The van der Waals surface area contributed by atoms with Gasteiger partial charge >= 0.3 is 0 Å². The smallest absolute Gasteiger partial charge is 0.0555 e. The van der Waals surface area contributed by atoms with Crippen molar-refractivity contribution in [2.45, 2.75) is 0 Å². The van der Waals surface area contributed by atoms with Gasteiger partial charge in [-0.2, -0.15) is 0 Å². The van der Waals surface area contributed by atoms with E-state index in [0.717, 1.165) is 0 Å². The number of fused-ring (bicyclic) bond motifs is 10. The lowest BCUT2D eigenvalue weighted by atomic mass is 9.98. The van der Waals surface area contributed by atoms with Gasteiger partial charge in [-0.1, -0.05) is 115 Å². The average Bonchev–Trinajstić information content (AvgIpc) is 3.86. The summed E-state index contributed by atoms with van der Waals surface area (Å²) in [7, 11) is 0. The maximum Gasteiger partial charge on any atom is 0.0555 e. The molecule has 2 nitrogen and oxygen atoms in total. The molecule has 51 heavy (non-hydrogen) atoms. The fraction of sp³-hybridized carbons (Fsp3) is 0. The van der Waals surface area contributed by atoms with Gasteiger partial charge in [0, 0.05) is 53.1 Å². The van der Waals surface area contributed by atoms with Crippen LogP contribution in [0.1, 0.15) is 0 Å². The van der Waals surface area contributed by atoms with E-state index in [1.54, 1.807) is 0 Å². The van der Waals surface area contributed by atoms with Gasteiger partial charge in [-0.05, 0) is 89.0 Å². The summed E-state index contributed by atoms with van der Waals surface area (Å²) in [4.78, 5) is 0. The first-order chi connectivity index (χ1) is 25.3. The first-order valence-corrected chi connectivity index (χ1v) is 18.3. The Morgan fingerprint density at radius 2 is 0.804 bits per heavy atom. The molecule has 3 heteroatoms. The topological polar surface area (TPSA) is 9.86 Å². The summed E-state index contributed by atoms with van der Waals surface area (Å²) in [5, 5.41) is 7.81. The highest BCUT2D eigenvalue weighted by atomic mass is 32.1. The molecule has 0 amide bonds. The summed E-state index contributed by atoms with van der Waals surface area (Å²) >= 11 is 1.90. The van der Waals surface area contributed by atoms with E-state index in [9.17, 15) is 0 Å². The van der Waals surface area contributed by atoms with Crippen molar-refractivity contribution >= 4 is 75.1 Å². The molecule has 238 valence electrons. The Bertz CT molecular complexity index is 3110. The van der Waals surface area contributed by atoms with E-state index in [-0.39, 0.29) is 0 Å². The van der Waals surface area contributed by atoms with Crippen LogP contribution in [0.2, 0.25) is 0 Å². The van der Waals surface area contributed by atoms with Crippen LogP contribution in [0.3, 0.4) is 0 Å². The molecule has 0 aliphatic rings. The lowest BCUT2D eigenvalue weighted by Crippen LogP contribution is -1.93. The molecule has 0 atom stereocenters. The van der Waals surface area contributed by atoms with Gasteiger partial charge in [0.1, 0.15) is 0 Å². The Hall–Kier alpha value is -6.42. The van der Waals surface area contributed by atoms with E-state index in [1.165, 1.54) is 97.4 Å². The predicted molar refractivity (Wildman–Crippen MR) is 219 cm³/mol. The van der Waals surface area contributed by atoms with Gasteiger partial charge < -0.3 is 9.13 Å².